The average molecular weight is 683 g/mol. The topological polar surface area (TPSA) is 0 Å². The van der Waals surface area contributed by atoms with E-state index < -0.39 is 0 Å². The van der Waals surface area contributed by atoms with Crippen molar-refractivity contribution in [1.82, 2.24) is 0 Å². The van der Waals surface area contributed by atoms with Gasteiger partial charge in [0.15, 0.2) is 0 Å². The molecule has 11 aromatic rings. The van der Waals surface area contributed by atoms with Crippen LogP contribution in [0.3, 0.4) is 0 Å². The molecule has 0 bridgehead atoms. The zero-order valence-corrected chi connectivity index (χ0v) is 29.6. The van der Waals surface area contributed by atoms with Crippen LogP contribution in [0.4, 0.5) is 0 Å². The van der Waals surface area contributed by atoms with Crippen LogP contribution >= 0.6 is 0 Å². The van der Waals surface area contributed by atoms with Gasteiger partial charge in [0, 0.05) is 0 Å². The van der Waals surface area contributed by atoms with Crippen molar-refractivity contribution in [2.24, 2.45) is 0 Å². The van der Waals surface area contributed by atoms with Crippen LogP contribution in [0.1, 0.15) is 0 Å². The molecule has 250 valence electrons. The van der Waals surface area contributed by atoms with Gasteiger partial charge in [0.05, 0.1) is 0 Å². The maximum Gasteiger partial charge on any atom is -0.00201 e. The van der Waals surface area contributed by atoms with Crippen LogP contribution < -0.4 is 0 Å². The van der Waals surface area contributed by atoms with E-state index in [1.165, 1.54) is 109 Å². The van der Waals surface area contributed by atoms with Crippen molar-refractivity contribution >= 4 is 64.6 Å². The number of fused-ring (bicyclic) bond motifs is 7. The van der Waals surface area contributed by atoms with Gasteiger partial charge in [0.1, 0.15) is 0 Å². The van der Waals surface area contributed by atoms with Crippen LogP contribution in [0.15, 0.2) is 206 Å². The van der Waals surface area contributed by atoms with Crippen molar-refractivity contribution in [1.29, 1.82) is 0 Å². The first-order valence-electron chi connectivity index (χ1n) is 18.8. The predicted molar refractivity (Wildman–Crippen MR) is 233 cm³/mol. The van der Waals surface area contributed by atoms with Gasteiger partial charge in [0.25, 0.3) is 0 Å². The van der Waals surface area contributed by atoms with Crippen molar-refractivity contribution in [2.75, 3.05) is 0 Å². The van der Waals surface area contributed by atoms with Crippen molar-refractivity contribution in [3.63, 3.8) is 0 Å². The lowest BCUT2D eigenvalue weighted by molar-refractivity contribution is 1.63. The molecule has 0 spiro atoms. The molecule has 0 N–H and O–H groups in total. The standard InChI is InChI=1S/C54H34/c1-2-15-38-33-40(30-27-35(38)13-1)39-17-11-18-41(34-39)53-47-22-7-9-24-49(47)54(50-25-10-8-23-48(50)53)51-32-31-45(43-20-5-6-21-44(43)51)46-26-12-16-37-29-28-36-14-3-4-19-42(36)52(37)46/h1-34H. The van der Waals surface area contributed by atoms with E-state index in [0.29, 0.717) is 0 Å². The van der Waals surface area contributed by atoms with E-state index in [0.717, 1.165) is 0 Å². The molecule has 0 aromatic heterocycles. The zero-order chi connectivity index (χ0) is 35.6. The summed E-state index contributed by atoms with van der Waals surface area (Å²) in [7, 11) is 0. The fourth-order valence-corrected chi connectivity index (χ4v) is 8.99. The van der Waals surface area contributed by atoms with Crippen LogP contribution in [0, 0.1) is 0 Å². The largest absolute Gasteiger partial charge is 0.0616 e. The lowest BCUT2D eigenvalue weighted by Crippen LogP contribution is -1.93. The lowest BCUT2D eigenvalue weighted by atomic mass is 9.83. The average Bonchev–Trinajstić information content (AvgIpc) is 3.25. The second-order valence-electron chi connectivity index (χ2n) is 14.4. The molecule has 0 saturated heterocycles. The molecule has 0 aliphatic rings. The van der Waals surface area contributed by atoms with Gasteiger partial charge in [-0.25, -0.2) is 0 Å². The van der Waals surface area contributed by atoms with E-state index in [4.69, 9.17) is 0 Å². The van der Waals surface area contributed by atoms with Gasteiger partial charge in [0.2, 0.25) is 0 Å². The second-order valence-corrected chi connectivity index (χ2v) is 14.4. The first kappa shape index (κ1) is 30.6. The molecule has 0 atom stereocenters. The second kappa shape index (κ2) is 12.3. The molecular formula is C54H34. The molecule has 0 amide bonds. The van der Waals surface area contributed by atoms with Gasteiger partial charge < -0.3 is 0 Å². The maximum absolute atomic E-state index is 2.37. The summed E-state index contributed by atoms with van der Waals surface area (Å²) < 4.78 is 0. The van der Waals surface area contributed by atoms with Crippen molar-refractivity contribution in [3.05, 3.63) is 206 Å². The molecular weight excluding hydrogens is 649 g/mol. The molecule has 0 heteroatoms. The van der Waals surface area contributed by atoms with Crippen LogP contribution in [0.5, 0.6) is 0 Å². The highest BCUT2D eigenvalue weighted by Crippen LogP contribution is 2.47. The molecule has 0 radical (unpaired) electrons. The summed E-state index contributed by atoms with van der Waals surface area (Å²) in [5.74, 6) is 0. The number of hydrogen-bond acceptors (Lipinski definition) is 0. The Kier molecular flexibility index (Phi) is 6.97. The van der Waals surface area contributed by atoms with Gasteiger partial charge in [-0.05, 0) is 121 Å². The Balaban J connectivity index is 1.15. The third-order valence-corrected chi connectivity index (χ3v) is 11.4. The van der Waals surface area contributed by atoms with E-state index >= 15 is 0 Å². The summed E-state index contributed by atoms with van der Waals surface area (Å²) in [5, 5.41) is 15.2. The molecule has 0 aliphatic carbocycles. The Morgan fingerprint density at radius 3 is 1.43 bits per heavy atom. The Bertz CT molecular complexity index is 3220. The Morgan fingerprint density at radius 2 is 0.685 bits per heavy atom. The van der Waals surface area contributed by atoms with E-state index in [9.17, 15) is 0 Å². The Hall–Kier alpha value is -7.02. The van der Waals surface area contributed by atoms with Crippen molar-refractivity contribution in [2.45, 2.75) is 0 Å². The van der Waals surface area contributed by atoms with Gasteiger partial charge in [-0.3, -0.25) is 0 Å². The minimum atomic E-state index is 1.22. The van der Waals surface area contributed by atoms with Gasteiger partial charge in [-0.2, -0.15) is 0 Å². The highest BCUT2D eigenvalue weighted by molar-refractivity contribution is 6.25. The highest BCUT2D eigenvalue weighted by Gasteiger charge is 2.20. The number of hydrogen-bond donors (Lipinski definition) is 0. The van der Waals surface area contributed by atoms with E-state index in [1.807, 2.05) is 0 Å². The Morgan fingerprint density at radius 1 is 0.204 bits per heavy atom. The molecule has 0 aliphatic heterocycles. The van der Waals surface area contributed by atoms with Gasteiger partial charge >= 0.3 is 0 Å². The third kappa shape index (κ3) is 4.78. The van der Waals surface area contributed by atoms with E-state index in [-0.39, 0.29) is 0 Å². The summed E-state index contributed by atoms with van der Waals surface area (Å²) in [6.07, 6.45) is 0. The molecule has 0 nitrogen and oxygen atoms in total. The van der Waals surface area contributed by atoms with Crippen LogP contribution in [-0.2, 0) is 0 Å². The molecule has 11 aromatic carbocycles. The summed E-state index contributed by atoms with van der Waals surface area (Å²) >= 11 is 0. The van der Waals surface area contributed by atoms with E-state index in [2.05, 4.69) is 206 Å². The minimum Gasteiger partial charge on any atom is -0.0616 e. The molecule has 0 saturated carbocycles. The first-order chi connectivity index (χ1) is 26.8. The zero-order valence-electron chi connectivity index (χ0n) is 29.6. The highest BCUT2D eigenvalue weighted by atomic mass is 14.2. The SMILES string of the molecule is c1cc(-c2ccc3ccccc3c2)cc(-c2c3ccccc3c(-c3ccc(-c4cccc5ccc6ccccc6c45)c4ccccc34)c3ccccc23)c1. The number of benzene rings is 11. The third-order valence-electron chi connectivity index (χ3n) is 11.4. The van der Waals surface area contributed by atoms with Crippen molar-refractivity contribution < 1.29 is 0 Å². The summed E-state index contributed by atoms with van der Waals surface area (Å²) in [6.45, 7) is 0. The Labute approximate surface area is 314 Å². The fraction of sp³-hybridized carbons (Fsp3) is 0. The molecule has 0 heterocycles. The quantitative estimate of drug-likeness (QED) is 0.128. The van der Waals surface area contributed by atoms with Crippen LogP contribution in [0.25, 0.3) is 109 Å². The predicted octanol–water partition coefficient (Wildman–Crippen LogP) is 15.3. The monoisotopic (exact) mass is 682 g/mol. The lowest BCUT2D eigenvalue weighted by Gasteiger charge is -2.20. The van der Waals surface area contributed by atoms with E-state index in [1.54, 1.807) is 0 Å². The number of rotatable bonds is 4. The summed E-state index contributed by atoms with van der Waals surface area (Å²) in [6, 6.07) is 76.1. The summed E-state index contributed by atoms with van der Waals surface area (Å²) in [5.41, 5.74) is 10.0. The van der Waals surface area contributed by atoms with Crippen molar-refractivity contribution in [3.8, 4) is 44.5 Å². The first-order valence-corrected chi connectivity index (χ1v) is 18.8. The molecule has 0 fully saturated rings. The maximum atomic E-state index is 2.37. The van der Waals surface area contributed by atoms with Gasteiger partial charge in [-0.15, -0.1) is 0 Å². The smallest absolute Gasteiger partial charge is 0.00201 e. The minimum absolute atomic E-state index is 1.22. The van der Waals surface area contributed by atoms with Gasteiger partial charge in [-0.1, -0.05) is 194 Å². The molecule has 0 unspecified atom stereocenters. The van der Waals surface area contributed by atoms with Crippen LogP contribution in [0.2, 0.25) is 0 Å². The molecule has 11 rings (SSSR count). The van der Waals surface area contributed by atoms with Crippen LogP contribution in [-0.4, -0.2) is 0 Å². The molecule has 54 heavy (non-hydrogen) atoms. The summed E-state index contributed by atoms with van der Waals surface area (Å²) in [4.78, 5) is 0. The normalized spacial score (nSPS) is 11.7. The fourth-order valence-electron chi connectivity index (χ4n) is 8.99.